The van der Waals surface area contributed by atoms with Gasteiger partial charge in [0, 0.05) is 43.9 Å². The third kappa shape index (κ3) is 6.58. The Morgan fingerprint density at radius 3 is 2.51 bits per heavy atom. The highest BCUT2D eigenvalue weighted by atomic mass is 32.1. The normalized spacial score (nSPS) is 16.5. The minimum atomic E-state index is -0.600. The summed E-state index contributed by atoms with van der Waals surface area (Å²) in [7, 11) is 0. The lowest BCUT2D eigenvalue weighted by molar-refractivity contribution is 0.166. The summed E-state index contributed by atoms with van der Waals surface area (Å²) < 4.78 is 43.5. The average Bonchev–Trinajstić information content (AvgIpc) is 2.83. The Morgan fingerprint density at radius 2 is 1.77 bits per heavy atom. The smallest absolute Gasteiger partial charge is 0.184 e. The van der Waals surface area contributed by atoms with Gasteiger partial charge in [-0.1, -0.05) is 42.5 Å². The van der Waals surface area contributed by atoms with E-state index in [1.54, 1.807) is 6.07 Å². The van der Waals surface area contributed by atoms with Crippen molar-refractivity contribution >= 4 is 29.2 Å². The maximum atomic E-state index is 15.0. The van der Waals surface area contributed by atoms with Crippen LogP contribution in [0.1, 0.15) is 16.7 Å². The molecule has 1 heterocycles. The number of nitrogens with two attached hydrogens (primary N) is 1. The fourth-order valence-corrected chi connectivity index (χ4v) is 4.38. The number of nitrogens with one attached hydrogen (secondary N) is 1. The van der Waals surface area contributed by atoms with Crippen LogP contribution in [-0.4, -0.2) is 41.9 Å². The minimum absolute atomic E-state index is 0.0134. The van der Waals surface area contributed by atoms with Gasteiger partial charge >= 0.3 is 0 Å². The van der Waals surface area contributed by atoms with Crippen molar-refractivity contribution in [2.75, 3.05) is 24.5 Å². The molecule has 0 spiro atoms. The number of hydrogen-bond donors (Lipinski definition) is 2. The number of thiocarbonyl (C=S) groups is 1. The molecular weight excluding hydrogens is 471 g/mol. The van der Waals surface area contributed by atoms with Gasteiger partial charge in [-0.2, -0.15) is 5.10 Å². The van der Waals surface area contributed by atoms with E-state index in [1.165, 1.54) is 18.2 Å². The van der Waals surface area contributed by atoms with E-state index in [2.05, 4.69) is 39.8 Å². The lowest BCUT2D eigenvalue weighted by atomic mass is 10.0. The predicted octanol–water partition coefficient (Wildman–Crippen LogP) is 4.20. The topological polar surface area (TPSA) is 56.9 Å². The molecule has 0 radical (unpaired) electrons. The molecule has 1 saturated heterocycles. The van der Waals surface area contributed by atoms with E-state index in [1.807, 2.05) is 29.2 Å². The van der Waals surface area contributed by atoms with E-state index in [0.29, 0.717) is 26.2 Å². The summed E-state index contributed by atoms with van der Waals surface area (Å²) >= 11 is 4.65. The van der Waals surface area contributed by atoms with Gasteiger partial charge in [0.25, 0.3) is 0 Å². The molecule has 4 rings (SSSR count). The van der Waals surface area contributed by atoms with Crippen molar-refractivity contribution in [3.05, 3.63) is 101 Å². The molecule has 0 bridgehead atoms. The third-order valence-corrected chi connectivity index (χ3v) is 6.07. The second kappa shape index (κ2) is 11.3. The summed E-state index contributed by atoms with van der Waals surface area (Å²) in [5, 5.41) is 3.64. The molecule has 1 fully saturated rings. The first-order valence-corrected chi connectivity index (χ1v) is 11.6. The highest BCUT2D eigenvalue weighted by Gasteiger charge is 2.29. The molecule has 1 aliphatic rings. The molecule has 0 aromatic heterocycles. The average molecular weight is 498 g/mol. The second-order valence-corrected chi connectivity index (χ2v) is 8.89. The lowest BCUT2D eigenvalue weighted by Crippen LogP contribution is -2.54. The molecule has 0 unspecified atom stereocenters. The molecule has 0 aliphatic carbocycles. The molecule has 5 nitrogen and oxygen atoms in total. The monoisotopic (exact) mass is 497 g/mol. The van der Waals surface area contributed by atoms with Crippen LogP contribution in [0.4, 0.5) is 18.9 Å². The third-order valence-electron chi connectivity index (χ3n) is 5.98. The summed E-state index contributed by atoms with van der Waals surface area (Å²) in [6.45, 7) is 2.20. The van der Waals surface area contributed by atoms with Gasteiger partial charge in [0.05, 0.1) is 11.9 Å². The van der Waals surface area contributed by atoms with Crippen molar-refractivity contribution in [1.82, 2.24) is 10.3 Å². The number of anilines is 1. The second-order valence-electron chi connectivity index (χ2n) is 8.45. The van der Waals surface area contributed by atoms with Crippen molar-refractivity contribution in [2.24, 2.45) is 10.8 Å². The van der Waals surface area contributed by atoms with Gasteiger partial charge in [-0.25, -0.2) is 13.2 Å². The number of hydrogen-bond acceptors (Lipinski definition) is 4. The first-order chi connectivity index (χ1) is 16.9. The first-order valence-electron chi connectivity index (χ1n) is 11.2. The van der Waals surface area contributed by atoms with Crippen LogP contribution in [0.3, 0.4) is 0 Å². The van der Waals surface area contributed by atoms with Crippen LogP contribution in [0.25, 0.3) is 0 Å². The van der Waals surface area contributed by atoms with Gasteiger partial charge in [-0.15, -0.1) is 0 Å². The minimum Gasteiger partial charge on any atom is -0.375 e. The predicted molar refractivity (Wildman–Crippen MR) is 137 cm³/mol. The van der Waals surface area contributed by atoms with Crippen molar-refractivity contribution < 1.29 is 13.2 Å². The van der Waals surface area contributed by atoms with Crippen LogP contribution >= 0.6 is 12.2 Å². The SMILES string of the molecule is NC(=S)N/N=C/c1cc(F)c(N2CCN(Cc3cccc(F)c3)[C@@H](Cc3ccccc3)C2)cc1F. The van der Waals surface area contributed by atoms with Crippen molar-refractivity contribution in [2.45, 2.75) is 19.0 Å². The molecule has 3 aromatic rings. The first kappa shape index (κ1) is 24.7. The highest BCUT2D eigenvalue weighted by Crippen LogP contribution is 2.27. The number of rotatable bonds is 7. The van der Waals surface area contributed by atoms with Gasteiger partial charge in [-0.3, -0.25) is 10.3 Å². The Hall–Kier alpha value is -3.43. The van der Waals surface area contributed by atoms with Crippen LogP contribution in [0.15, 0.2) is 71.8 Å². The Balaban J connectivity index is 1.55. The molecule has 1 aliphatic heterocycles. The van der Waals surface area contributed by atoms with Gasteiger partial charge in [0.1, 0.15) is 17.5 Å². The van der Waals surface area contributed by atoms with E-state index in [-0.39, 0.29) is 28.2 Å². The van der Waals surface area contributed by atoms with Crippen LogP contribution in [0.5, 0.6) is 0 Å². The van der Waals surface area contributed by atoms with Crippen LogP contribution < -0.4 is 16.1 Å². The van der Waals surface area contributed by atoms with E-state index in [0.717, 1.165) is 29.8 Å². The standard InChI is InChI=1S/C26H26F3N5S/c27-21-8-4-7-19(11-21)16-33-9-10-34(17-22(33)12-18-5-2-1-3-6-18)25-14-23(28)20(13-24(25)29)15-31-32-26(30)35/h1-8,11,13-15,22H,9-10,12,16-17H2,(H3,30,32,35)/b31-15+/t22-/m0/s1. The molecule has 182 valence electrons. The van der Waals surface area contributed by atoms with Crippen molar-refractivity contribution in [3.8, 4) is 0 Å². The maximum absolute atomic E-state index is 15.0. The Bertz CT molecular complexity index is 1200. The van der Waals surface area contributed by atoms with Crippen LogP contribution in [-0.2, 0) is 13.0 Å². The van der Waals surface area contributed by atoms with Crippen molar-refractivity contribution in [3.63, 3.8) is 0 Å². The largest absolute Gasteiger partial charge is 0.375 e. The zero-order valence-electron chi connectivity index (χ0n) is 19.0. The van der Waals surface area contributed by atoms with Crippen LogP contribution in [0, 0.1) is 17.5 Å². The summed E-state index contributed by atoms with van der Waals surface area (Å²) in [5.74, 6) is -1.41. The molecule has 0 amide bonds. The quantitative estimate of drug-likeness (QED) is 0.291. The Labute approximate surface area is 208 Å². The molecule has 9 heteroatoms. The van der Waals surface area contributed by atoms with E-state index in [4.69, 9.17) is 5.73 Å². The van der Waals surface area contributed by atoms with Gasteiger partial charge in [0.2, 0.25) is 0 Å². The highest BCUT2D eigenvalue weighted by molar-refractivity contribution is 7.80. The molecule has 3 N–H and O–H groups in total. The number of piperazine rings is 1. The molecule has 35 heavy (non-hydrogen) atoms. The zero-order valence-corrected chi connectivity index (χ0v) is 19.8. The molecule has 3 aromatic carbocycles. The summed E-state index contributed by atoms with van der Waals surface area (Å²) in [6.07, 6.45) is 1.86. The Morgan fingerprint density at radius 1 is 1.00 bits per heavy atom. The fraction of sp³-hybridized carbons (Fsp3) is 0.231. The summed E-state index contributed by atoms with van der Waals surface area (Å²) in [5.41, 5.74) is 9.83. The fourth-order valence-electron chi connectivity index (χ4n) is 4.33. The molecule has 1 atom stereocenters. The maximum Gasteiger partial charge on any atom is 0.184 e. The van der Waals surface area contributed by atoms with Gasteiger partial charge in [-0.05, 0) is 48.0 Å². The van der Waals surface area contributed by atoms with E-state index in [9.17, 15) is 8.78 Å². The summed E-state index contributed by atoms with van der Waals surface area (Å²) in [4.78, 5) is 4.14. The lowest BCUT2D eigenvalue weighted by Gasteiger charge is -2.43. The van der Waals surface area contributed by atoms with Gasteiger partial charge < -0.3 is 10.6 Å². The Kier molecular flexibility index (Phi) is 7.99. The summed E-state index contributed by atoms with van der Waals surface area (Å²) in [6, 6.07) is 18.9. The van der Waals surface area contributed by atoms with E-state index >= 15 is 4.39 Å². The van der Waals surface area contributed by atoms with Gasteiger partial charge in [0.15, 0.2) is 5.11 Å². The zero-order chi connectivity index (χ0) is 24.8. The number of halogens is 3. The number of benzene rings is 3. The number of nitrogens with zero attached hydrogens (tertiary/aromatic N) is 3. The number of hydrazone groups is 1. The molecular formula is C26H26F3N5S. The molecule has 0 saturated carbocycles. The van der Waals surface area contributed by atoms with E-state index < -0.39 is 11.6 Å². The van der Waals surface area contributed by atoms with Crippen molar-refractivity contribution in [1.29, 1.82) is 0 Å². The van der Waals surface area contributed by atoms with Crippen LogP contribution in [0.2, 0.25) is 0 Å².